The van der Waals surface area contributed by atoms with Crippen LogP contribution in [0.25, 0.3) is 0 Å². The highest BCUT2D eigenvalue weighted by atomic mass is 16.5. The zero-order chi connectivity index (χ0) is 12.2. The van der Waals surface area contributed by atoms with Crippen molar-refractivity contribution in [2.45, 2.75) is 32.3 Å². The van der Waals surface area contributed by atoms with Crippen LogP contribution < -0.4 is 4.74 Å². The summed E-state index contributed by atoms with van der Waals surface area (Å²) in [6.07, 6.45) is -0.821. The van der Waals surface area contributed by atoms with Crippen molar-refractivity contribution in [3.8, 4) is 5.75 Å². The number of benzene rings is 1. The maximum absolute atomic E-state index is 9.17. The van der Waals surface area contributed by atoms with Crippen molar-refractivity contribution in [1.29, 1.82) is 0 Å². The lowest BCUT2D eigenvalue weighted by Gasteiger charge is -2.20. The van der Waals surface area contributed by atoms with E-state index in [1.54, 1.807) is 0 Å². The number of rotatable bonds is 4. The third kappa shape index (κ3) is 3.83. The molecule has 1 aromatic carbocycles. The van der Waals surface area contributed by atoms with Gasteiger partial charge in [-0.1, -0.05) is 32.9 Å². The second-order valence-electron chi connectivity index (χ2n) is 4.93. The molecule has 0 aliphatic rings. The molecule has 0 saturated heterocycles. The summed E-state index contributed by atoms with van der Waals surface area (Å²) in [5.41, 5.74) is 1.26. The monoisotopic (exact) mass is 224 g/mol. The average Bonchev–Trinajstić information content (AvgIpc) is 2.25. The molecule has 1 aromatic rings. The molecule has 0 saturated carbocycles. The minimum absolute atomic E-state index is 0.0783. The Morgan fingerprint density at radius 3 is 2.56 bits per heavy atom. The van der Waals surface area contributed by atoms with Gasteiger partial charge in [0.25, 0.3) is 0 Å². The van der Waals surface area contributed by atoms with Crippen LogP contribution in [0.2, 0.25) is 0 Å². The Bertz CT molecular complexity index is 328. The molecule has 0 fully saturated rings. The number of aliphatic hydroxyl groups excluding tert-OH is 2. The van der Waals surface area contributed by atoms with E-state index >= 15 is 0 Å². The van der Waals surface area contributed by atoms with Crippen molar-refractivity contribution in [2.24, 2.45) is 0 Å². The van der Waals surface area contributed by atoms with E-state index in [1.165, 1.54) is 5.56 Å². The number of aliphatic hydroxyl groups is 2. The van der Waals surface area contributed by atoms with Crippen LogP contribution in [0.1, 0.15) is 26.3 Å². The van der Waals surface area contributed by atoms with Crippen LogP contribution >= 0.6 is 0 Å². The molecule has 1 atom stereocenters. The van der Waals surface area contributed by atoms with Crippen molar-refractivity contribution in [2.75, 3.05) is 13.2 Å². The fourth-order valence-electron chi connectivity index (χ4n) is 1.30. The zero-order valence-corrected chi connectivity index (χ0v) is 10.1. The van der Waals surface area contributed by atoms with Crippen molar-refractivity contribution in [3.63, 3.8) is 0 Å². The summed E-state index contributed by atoms with van der Waals surface area (Å²) in [6, 6.07) is 7.79. The first-order chi connectivity index (χ1) is 7.43. The van der Waals surface area contributed by atoms with E-state index in [-0.39, 0.29) is 18.6 Å². The van der Waals surface area contributed by atoms with Gasteiger partial charge in [-0.2, -0.15) is 0 Å². The Morgan fingerprint density at radius 2 is 2.00 bits per heavy atom. The molecule has 3 nitrogen and oxygen atoms in total. The summed E-state index contributed by atoms with van der Waals surface area (Å²) in [5.74, 6) is 0.722. The van der Waals surface area contributed by atoms with Crippen molar-refractivity contribution < 1.29 is 14.9 Å². The maximum Gasteiger partial charge on any atom is 0.119 e. The molecule has 2 N–H and O–H groups in total. The lowest BCUT2D eigenvalue weighted by molar-refractivity contribution is 0.0535. The lowest BCUT2D eigenvalue weighted by Crippen LogP contribution is -2.21. The molecule has 0 spiro atoms. The Labute approximate surface area is 96.7 Å². The van der Waals surface area contributed by atoms with E-state index in [2.05, 4.69) is 26.8 Å². The van der Waals surface area contributed by atoms with E-state index in [0.717, 1.165) is 5.75 Å². The Morgan fingerprint density at radius 1 is 1.31 bits per heavy atom. The van der Waals surface area contributed by atoms with Crippen LogP contribution in [0, 0.1) is 0 Å². The minimum atomic E-state index is -0.821. The third-order valence-corrected chi connectivity index (χ3v) is 2.35. The molecule has 0 amide bonds. The van der Waals surface area contributed by atoms with Gasteiger partial charge >= 0.3 is 0 Å². The Balaban J connectivity index is 2.68. The van der Waals surface area contributed by atoms with E-state index in [4.69, 9.17) is 9.84 Å². The second kappa shape index (κ2) is 5.32. The van der Waals surface area contributed by atoms with E-state index in [1.807, 2.05) is 18.2 Å². The van der Waals surface area contributed by atoms with Crippen molar-refractivity contribution >= 4 is 0 Å². The van der Waals surface area contributed by atoms with Gasteiger partial charge in [0.15, 0.2) is 0 Å². The van der Waals surface area contributed by atoms with E-state index in [0.29, 0.717) is 0 Å². The van der Waals surface area contributed by atoms with E-state index < -0.39 is 6.10 Å². The molecule has 16 heavy (non-hydrogen) atoms. The first kappa shape index (κ1) is 13.0. The summed E-state index contributed by atoms with van der Waals surface area (Å²) >= 11 is 0. The summed E-state index contributed by atoms with van der Waals surface area (Å²) in [6.45, 7) is 6.24. The molecule has 0 heterocycles. The van der Waals surface area contributed by atoms with Crippen LogP contribution in [0.5, 0.6) is 5.75 Å². The fraction of sp³-hybridized carbons (Fsp3) is 0.538. The second-order valence-corrected chi connectivity index (χ2v) is 4.93. The topological polar surface area (TPSA) is 49.7 Å². The average molecular weight is 224 g/mol. The zero-order valence-electron chi connectivity index (χ0n) is 10.1. The first-order valence-electron chi connectivity index (χ1n) is 5.46. The molecular formula is C13H20O3. The van der Waals surface area contributed by atoms with Gasteiger partial charge in [-0.15, -0.1) is 0 Å². The van der Waals surface area contributed by atoms with Gasteiger partial charge < -0.3 is 14.9 Å². The quantitative estimate of drug-likeness (QED) is 0.818. The first-order valence-corrected chi connectivity index (χ1v) is 5.46. The van der Waals surface area contributed by atoms with Gasteiger partial charge in [-0.25, -0.2) is 0 Å². The van der Waals surface area contributed by atoms with Crippen LogP contribution in [0.3, 0.4) is 0 Å². The summed E-state index contributed by atoms with van der Waals surface area (Å²) in [4.78, 5) is 0. The molecular weight excluding hydrogens is 204 g/mol. The highest BCUT2D eigenvalue weighted by Gasteiger charge is 2.14. The molecule has 0 aliphatic carbocycles. The third-order valence-electron chi connectivity index (χ3n) is 2.35. The van der Waals surface area contributed by atoms with Crippen LogP contribution in [0.4, 0.5) is 0 Å². The molecule has 1 rings (SSSR count). The summed E-state index contributed by atoms with van der Waals surface area (Å²) < 4.78 is 5.38. The van der Waals surface area contributed by atoms with Gasteiger partial charge in [0.05, 0.1) is 6.61 Å². The van der Waals surface area contributed by atoms with Crippen LogP contribution in [-0.4, -0.2) is 29.5 Å². The largest absolute Gasteiger partial charge is 0.491 e. The van der Waals surface area contributed by atoms with Crippen molar-refractivity contribution in [3.05, 3.63) is 29.8 Å². The lowest BCUT2D eigenvalue weighted by atomic mass is 9.87. The van der Waals surface area contributed by atoms with Crippen molar-refractivity contribution in [1.82, 2.24) is 0 Å². The number of hydrogen-bond donors (Lipinski definition) is 2. The highest BCUT2D eigenvalue weighted by molar-refractivity contribution is 5.32. The Hall–Kier alpha value is -1.06. The molecule has 3 heteroatoms. The summed E-state index contributed by atoms with van der Waals surface area (Å²) in [7, 11) is 0. The predicted octanol–water partition coefficient (Wildman–Crippen LogP) is 1.72. The molecule has 1 unspecified atom stereocenters. The van der Waals surface area contributed by atoms with Gasteiger partial charge in [0, 0.05) is 0 Å². The number of ether oxygens (including phenoxy) is 1. The predicted molar refractivity (Wildman–Crippen MR) is 63.7 cm³/mol. The molecule has 0 aromatic heterocycles. The normalized spacial score (nSPS) is 13.6. The van der Waals surface area contributed by atoms with Gasteiger partial charge in [-0.05, 0) is 23.1 Å². The molecule has 0 radical (unpaired) electrons. The minimum Gasteiger partial charge on any atom is -0.491 e. The van der Waals surface area contributed by atoms with Crippen LogP contribution in [-0.2, 0) is 5.41 Å². The molecule has 0 bridgehead atoms. The molecule has 90 valence electrons. The van der Waals surface area contributed by atoms with Gasteiger partial charge in [-0.3, -0.25) is 0 Å². The molecule has 0 aliphatic heterocycles. The smallest absolute Gasteiger partial charge is 0.119 e. The number of hydrogen-bond acceptors (Lipinski definition) is 3. The maximum atomic E-state index is 9.17. The van der Waals surface area contributed by atoms with Gasteiger partial charge in [0.1, 0.15) is 18.5 Å². The highest BCUT2D eigenvalue weighted by Crippen LogP contribution is 2.25. The van der Waals surface area contributed by atoms with Gasteiger partial charge in [0.2, 0.25) is 0 Å². The fourth-order valence-corrected chi connectivity index (χ4v) is 1.30. The van der Waals surface area contributed by atoms with Crippen LogP contribution in [0.15, 0.2) is 24.3 Å². The standard InChI is InChI=1S/C13H20O3/c1-13(2,3)10-5-4-6-12(7-10)16-9-11(15)8-14/h4-7,11,14-15H,8-9H2,1-3H3. The SMILES string of the molecule is CC(C)(C)c1cccc(OCC(O)CO)c1. The summed E-state index contributed by atoms with van der Waals surface area (Å²) in [5, 5.41) is 17.8. The van der Waals surface area contributed by atoms with E-state index in [9.17, 15) is 5.11 Å². The Kier molecular flexibility index (Phi) is 4.33.